The van der Waals surface area contributed by atoms with Crippen molar-refractivity contribution in [1.29, 1.82) is 5.26 Å². The first-order chi connectivity index (χ1) is 21.6. The summed E-state index contributed by atoms with van der Waals surface area (Å²) in [5, 5.41) is 13.6. The van der Waals surface area contributed by atoms with Crippen molar-refractivity contribution in [3.63, 3.8) is 0 Å². The van der Waals surface area contributed by atoms with Crippen LogP contribution < -0.4 is 0 Å². The molecule has 7 rings (SSSR count). The van der Waals surface area contributed by atoms with Crippen LogP contribution >= 0.6 is 0 Å². The van der Waals surface area contributed by atoms with Crippen LogP contribution in [0.1, 0.15) is 60.7 Å². The summed E-state index contributed by atoms with van der Waals surface area (Å²) in [6.45, 7) is 7.13. The number of allylic oxidation sites excluding steroid dienone is 1. The van der Waals surface area contributed by atoms with E-state index in [-0.39, 0.29) is 28.9 Å². The number of rotatable bonds is 8. The van der Waals surface area contributed by atoms with E-state index in [1.54, 1.807) is 67.1 Å². The first-order valence-corrected chi connectivity index (χ1v) is 15.3. The summed E-state index contributed by atoms with van der Waals surface area (Å²) in [7, 11) is 3.44. The van der Waals surface area contributed by atoms with Crippen LogP contribution in [-0.2, 0) is 15.2 Å². The largest absolute Gasteiger partial charge is 0.399 e. The zero-order valence-electron chi connectivity index (χ0n) is 26.3. The van der Waals surface area contributed by atoms with Gasteiger partial charge in [0.2, 0.25) is 0 Å². The lowest BCUT2D eigenvalue weighted by molar-refractivity contribution is -0.137. The number of carbonyl (C=O) groups excluding carboxylic acids is 2. The van der Waals surface area contributed by atoms with Gasteiger partial charge in [-0.05, 0) is 103 Å². The Labute approximate surface area is 264 Å². The molecular weight excluding hydrogens is 564 g/mol. The minimum atomic E-state index is -1.25. The number of ketones is 1. The van der Waals surface area contributed by atoms with Gasteiger partial charge in [0.15, 0.2) is 11.3 Å². The Morgan fingerprint density at radius 2 is 1.64 bits per heavy atom. The average Bonchev–Trinajstić information content (AvgIpc) is 3.26. The van der Waals surface area contributed by atoms with Gasteiger partial charge in [-0.15, -0.1) is 0 Å². The predicted molar refractivity (Wildman–Crippen MR) is 169 cm³/mol. The van der Waals surface area contributed by atoms with Gasteiger partial charge in [0.05, 0.1) is 17.3 Å². The molecule has 9 heteroatoms. The fourth-order valence-electron chi connectivity index (χ4n) is 8.21. The van der Waals surface area contributed by atoms with Gasteiger partial charge < -0.3 is 9.74 Å². The maximum Gasteiger partial charge on any atom is 0.263 e. The molecule has 0 N–H and O–H groups in total. The lowest BCUT2D eigenvalue weighted by Gasteiger charge is -2.62. The number of nitrogens with zero attached hydrogens (tertiary/aromatic N) is 6. The van der Waals surface area contributed by atoms with E-state index in [4.69, 9.17) is 4.84 Å². The van der Waals surface area contributed by atoms with E-state index in [1.807, 2.05) is 43.1 Å². The van der Waals surface area contributed by atoms with E-state index >= 15 is 4.79 Å². The fraction of sp³-hybridized carbons (Fsp3) is 0.389. The molecule has 0 spiro atoms. The normalized spacial score (nSPS) is 25.9. The van der Waals surface area contributed by atoms with Gasteiger partial charge in [-0.3, -0.25) is 24.5 Å². The Hall–Kier alpha value is -4.84. The monoisotopic (exact) mass is 602 g/mol. The highest BCUT2D eigenvalue weighted by Crippen LogP contribution is 2.63. The van der Waals surface area contributed by atoms with Crippen molar-refractivity contribution in [3.8, 4) is 6.07 Å². The number of aromatic nitrogens is 2. The third-order valence-corrected chi connectivity index (χ3v) is 10.6. The summed E-state index contributed by atoms with van der Waals surface area (Å²) in [5.74, 6) is 1.36. The fourth-order valence-corrected chi connectivity index (χ4v) is 8.21. The van der Waals surface area contributed by atoms with Crippen molar-refractivity contribution >= 4 is 17.4 Å². The smallest absolute Gasteiger partial charge is 0.263 e. The van der Waals surface area contributed by atoms with E-state index in [9.17, 15) is 10.1 Å². The molecule has 4 fully saturated rings. The summed E-state index contributed by atoms with van der Waals surface area (Å²) < 4.78 is 0. The van der Waals surface area contributed by atoms with E-state index in [1.165, 1.54) is 0 Å². The zero-order chi connectivity index (χ0) is 31.9. The Bertz CT molecular complexity index is 1650. The van der Waals surface area contributed by atoms with Crippen molar-refractivity contribution in [2.45, 2.75) is 39.2 Å². The van der Waals surface area contributed by atoms with E-state index < -0.39 is 5.54 Å². The molecule has 4 atom stereocenters. The van der Waals surface area contributed by atoms with Gasteiger partial charge in [0.1, 0.15) is 12.9 Å². The summed E-state index contributed by atoms with van der Waals surface area (Å²) in [4.78, 5) is 46.4. The molecule has 45 heavy (non-hydrogen) atoms. The Kier molecular flexibility index (Phi) is 7.77. The third kappa shape index (κ3) is 4.80. The van der Waals surface area contributed by atoms with Crippen molar-refractivity contribution in [1.82, 2.24) is 19.8 Å². The van der Waals surface area contributed by atoms with Crippen LogP contribution in [0.2, 0.25) is 0 Å². The van der Waals surface area contributed by atoms with Gasteiger partial charge >= 0.3 is 0 Å². The van der Waals surface area contributed by atoms with Crippen LogP contribution in [-0.4, -0.2) is 57.9 Å². The summed E-state index contributed by atoms with van der Waals surface area (Å²) >= 11 is 0. The lowest BCUT2D eigenvalue weighted by atomic mass is 9.42. The van der Waals surface area contributed by atoms with Crippen LogP contribution in [0, 0.1) is 40.4 Å². The summed E-state index contributed by atoms with van der Waals surface area (Å²) in [6.07, 6.45) is 10.4. The molecule has 3 saturated carbocycles. The Morgan fingerprint density at radius 3 is 2.18 bits per heavy atom. The molecule has 230 valence electrons. The third-order valence-electron chi connectivity index (χ3n) is 10.6. The first kappa shape index (κ1) is 30.2. The highest BCUT2D eigenvalue weighted by Gasteiger charge is 2.61. The van der Waals surface area contributed by atoms with Crippen LogP contribution in [0.5, 0.6) is 0 Å². The molecule has 1 aliphatic heterocycles. The van der Waals surface area contributed by atoms with E-state index in [0.717, 1.165) is 29.7 Å². The topological polar surface area (TPSA) is 112 Å². The van der Waals surface area contributed by atoms with Crippen molar-refractivity contribution in [2.75, 3.05) is 20.7 Å². The minimum absolute atomic E-state index is 0.122. The number of nitriles is 1. The number of hydrogen-bond donors (Lipinski definition) is 0. The molecule has 3 aromatic rings. The number of pyridine rings is 2. The summed E-state index contributed by atoms with van der Waals surface area (Å²) in [5.41, 5.74) is 2.28. The van der Waals surface area contributed by atoms with Gasteiger partial charge in [0.25, 0.3) is 5.91 Å². The number of oxime groups is 1. The summed E-state index contributed by atoms with van der Waals surface area (Å²) in [6, 6.07) is 16.1. The van der Waals surface area contributed by atoms with Gasteiger partial charge in [-0.2, -0.15) is 5.26 Å². The molecule has 1 saturated heterocycles. The van der Waals surface area contributed by atoms with Gasteiger partial charge in [-0.1, -0.05) is 19.0 Å². The van der Waals surface area contributed by atoms with Gasteiger partial charge in [0, 0.05) is 55.9 Å². The minimum Gasteiger partial charge on any atom is -0.399 e. The van der Waals surface area contributed by atoms with Crippen LogP contribution in [0.25, 0.3) is 0 Å². The first-order valence-electron chi connectivity index (χ1n) is 15.3. The van der Waals surface area contributed by atoms with Crippen molar-refractivity contribution < 1.29 is 14.4 Å². The second kappa shape index (κ2) is 11.6. The number of likely N-dealkylation sites (N-methyl/N-ethyl adjacent to an activating group) is 1. The number of benzene rings is 1. The quantitative estimate of drug-likeness (QED) is 0.147. The molecule has 3 aliphatic carbocycles. The Morgan fingerprint density at radius 1 is 1.04 bits per heavy atom. The maximum atomic E-state index is 15.1. The number of carbonyl (C=O) groups is 2. The molecular formula is C36H38N6O3. The van der Waals surface area contributed by atoms with Crippen LogP contribution in [0.15, 0.2) is 90.4 Å². The molecule has 2 aromatic heterocycles. The zero-order valence-corrected chi connectivity index (χ0v) is 26.3. The second-order valence-electron chi connectivity index (χ2n) is 13.0. The second-order valence-corrected chi connectivity index (χ2v) is 13.0. The molecule has 9 nitrogen and oxygen atoms in total. The highest BCUT2D eigenvalue weighted by molar-refractivity contribution is 6.06. The molecule has 2 bridgehead atoms. The standard InChI is InChI=1S/C36H38N6O3/c1-23(40-45-5)33-26(18-29-19-30(33)35(29,2)3)22-42-32(20-31(43)25-8-6-24(21-37)7-9-25)41(4)36(34(42)44,27-10-14-38-15-11-27)28-12-16-39-17-13-28/h6-17,20,26,29-30,33H,18-19,22H2,1-5H3. The lowest BCUT2D eigenvalue weighted by Crippen LogP contribution is -2.59. The van der Waals surface area contributed by atoms with E-state index in [0.29, 0.717) is 35.3 Å². The molecule has 4 aliphatic rings. The number of hydrogen-bond acceptors (Lipinski definition) is 8. The SMILES string of the molecule is CON=C(C)C1C(CN2C(=O)C(c3ccncc3)(c3ccncc3)N(C)C2=CC(=O)c2ccc(C#N)cc2)CC2CC1C2(C)C. The number of amides is 1. The molecule has 1 amide bonds. The predicted octanol–water partition coefficient (Wildman–Crippen LogP) is 5.41. The molecule has 4 unspecified atom stereocenters. The maximum absolute atomic E-state index is 15.1. The average molecular weight is 603 g/mol. The van der Waals surface area contributed by atoms with Crippen LogP contribution in [0.3, 0.4) is 0 Å². The molecule has 3 heterocycles. The molecule has 0 radical (unpaired) electrons. The Balaban J connectivity index is 1.49. The van der Waals surface area contributed by atoms with Crippen molar-refractivity contribution in [2.24, 2.45) is 34.2 Å². The highest BCUT2D eigenvalue weighted by atomic mass is 16.6. The van der Waals surface area contributed by atoms with Gasteiger partial charge in [-0.25, -0.2) is 0 Å². The molecule has 1 aromatic carbocycles. The number of fused-ring (bicyclic) bond motifs is 2. The van der Waals surface area contributed by atoms with E-state index in [2.05, 4.69) is 35.0 Å². The van der Waals surface area contributed by atoms with Crippen LogP contribution in [0.4, 0.5) is 0 Å². The van der Waals surface area contributed by atoms with Crippen molar-refractivity contribution in [3.05, 3.63) is 107 Å².